The predicted molar refractivity (Wildman–Crippen MR) is 84.2 cm³/mol. The molecule has 1 N–H and O–H groups in total. The van der Waals surface area contributed by atoms with Gasteiger partial charge in [0.15, 0.2) is 11.5 Å². The number of ether oxygens (including phenoxy) is 1. The second-order valence-corrected chi connectivity index (χ2v) is 5.04. The van der Waals surface area contributed by atoms with Gasteiger partial charge in [-0.2, -0.15) is 0 Å². The van der Waals surface area contributed by atoms with E-state index in [9.17, 15) is 5.11 Å². The van der Waals surface area contributed by atoms with Gasteiger partial charge in [0.1, 0.15) is 0 Å². The summed E-state index contributed by atoms with van der Waals surface area (Å²) in [5.41, 5.74) is 6.04. The van der Waals surface area contributed by atoms with E-state index >= 15 is 0 Å². The molecule has 0 amide bonds. The van der Waals surface area contributed by atoms with Gasteiger partial charge in [-0.15, -0.1) is 0 Å². The highest BCUT2D eigenvalue weighted by Gasteiger charge is 2.01. The zero-order valence-electron chi connectivity index (χ0n) is 12.4. The first-order chi connectivity index (χ1) is 9.51. The van der Waals surface area contributed by atoms with E-state index in [0.29, 0.717) is 5.75 Å². The van der Waals surface area contributed by atoms with Crippen LogP contribution in [0.25, 0.3) is 12.2 Å². The van der Waals surface area contributed by atoms with Crippen LogP contribution in [0, 0.1) is 20.8 Å². The molecule has 0 radical (unpaired) electrons. The van der Waals surface area contributed by atoms with Crippen molar-refractivity contribution in [1.82, 2.24) is 0 Å². The first kappa shape index (κ1) is 14.2. The van der Waals surface area contributed by atoms with Gasteiger partial charge < -0.3 is 9.84 Å². The van der Waals surface area contributed by atoms with Gasteiger partial charge in [0.2, 0.25) is 0 Å². The predicted octanol–water partition coefficient (Wildman–Crippen LogP) is 4.50. The van der Waals surface area contributed by atoms with Crippen molar-refractivity contribution in [2.75, 3.05) is 7.11 Å². The lowest BCUT2D eigenvalue weighted by molar-refractivity contribution is 0.373. The first-order valence-electron chi connectivity index (χ1n) is 6.64. The molecule has 2 rings (SSSR count). The maximum atomic E-state index is 9.75. The van der Waals surface area contributed by atoms with Gasteiger partial charge in [0.25, 0.3) is 0 Å². The molecule has 0 aliphatic rings. The Morgan fingerprint density at radius 2 is 1.50 bits per heavy atom. The Morgan fingerprint density at radius 3 is 2.05 bits per heavy atom. The van der Waals surface area contributed by atoms with Crippen molar-refractivity contribution in [3.05, 3.63) is 58.1 Å². The highest BCUT2D eigenvalue weighted by Crippen LogP contribution is 2.27. The van der Waals surface area contributed by atoms with E-state index in [1.807, 2.05) is 12.1 Å². The number of benzene rings is 2. The Hall–Kier alpha value is -2.22. The number of aryl methyl sites for hydroxylation is 2. The van der Waals surface area contributed by atoms with Crippen molar-refractivity contribution in [1.29, 1.82) is 0 Å². The van der Waals surface area contributed by atoms with Gasteiger partial charge in [0.05, 0.1) is 7.11 Å². The second kappa shape index (κ2) is 5.83. The average Bonchev–Trinajstić information content (AvgIpc) is 2.42. The van der Waals surface area contributed by atoms with Crippen LogP contribution in [0.1, 0.15) is 27.8 Å². The van der Waals surface area contributed by atoms with E-state index in [4.69, 9.17) is 4.74 Å². The molecule has 2 aromatic carbocycles. The molecule has 0 atom stereocenters. The number of phenolic OH excluding ortho intramolecular Hbond substituents is 1. The number of hydrogen-bond acceptors (Lipinski definition) is 2. The largest absolute Gasteiger partial charge is 0.504 e. The quantitative estimate of drug-likeness (QED) is 0.831. The molecule has 0 spiro atoms. The molecule has 0 aliphatic carbocycles. The molecular formula is C18H20O2. The van der Waals surface area contributed by atoms with Crippen LogP contribution >= 0.6 is 0 Å². The maximum Gasteiger partial charge on any atom is 0.160 e. The second-order valence-electron chi connectivity index (χ2n) is 5.04. The van der Waals surface area contributed by atoms with E-state index < -0.39 is 0 Å². The third kappa shape index (κ3) is 3.02. The normalized spacial score (nSPS) is 11.0. The van der Waals surface area contributed by atoms with Crippen LogP contribution in [0.5, 0.6) is 11.5 Å². The summed E-state index contributed by atoms with van der Waals surface area (Å²) >= 11 is 0. The van der Waals surface area contributed by atoms with Crippen LogP contribution in [-0.4, -0.2) is 12.2 Å². The average molecular weight is 268 g/mol. The molecular weight excluding hydrogens is 248 g/mol. The molecule has 2 nitrogen and oxygen atoms in total. The minimum atomic E-state index is 0.158. The van der Waals surface area contributed by atoms with E-state index in [1.165, 1.54) is 22.3 Å². The molecule has 20 heavy (non-hydrogen) atoms. The van der Waals surface area contributed by atoms with Crippen LogP contribution in [0.4, 0.5) is 0 Å². The molecule has 2 aromatic rings. The minimum absolute atomic E-state index is 0.158. The monoisotopic (exact) mass is 268 g/mol. The number of phenols is 1. The van der Waals surface area contributed by atoms with E-state index in [2.05, 4.69) is 39.0 Å². The van der Waals surface area contributed by atoms with Crippen LogP contribution in [0.3, 0.4) is 0 Å². The Kier molecular flexibility index (Phi) is 4.14. The van der Waals surface area contributed by atoms with Gasteiger partial charge in [-0.05, 0) is 60.7 Å². The third-order valence-corrected chi connectivity index (χ3v) is 3.62. The molecule has 0 unspecified atom stereocenters. The summed E-state index contributed by atoms with van der Waals surface area (Å²) in [7, 11) is 1.54. The Morgan fingerprint density at radius 1 is 0.900 bits per heavy atom. The van der Waals surface area contributed by atoms with Gasteiger partial charge in [0, 0.05) is 0 Å². The van der Waals surface area contributed by atoms with Crippen molar-refractivity contribution in [2.45, 2.75) is 20.8 Å². The topological polar surface area (TPSA) is 29.5 Å². The molecule has 0 saturated heterocycles. The van der Waals surface area contributed by atoms with Crippen LogP contribution in [0.15, 0.2) is 30.3 Å². The third-order valence-electron chi connectivity index (χ3n) is 3.62. The maximum absolute atomic E-state index is 9.75. The molecule has 2 heteroatoms. The molecule has 0 aromatic heterocycles. The molecule has 0 fully saturated rings. The highest BCUT2D eigenvalue weighted by atomic mass is 16.5. The minimum Gasteiger partial charge on any atom is -0.504 e. The smallest absolute Gasteiger partial charge is 0.160 e. The molecule has 0 heterocycles. The summed E-state index contributed by atoms with van der Waals surface area (Å²) in [6.07, 6.45) is 4.05. The summed E-state index contributed by atoms with van der Waals surface area (Å²) in [5.74, 6) is 0.648. The van der Waals surface area contributed by atoms with Gasteiger partial charge in [-0.25, -0.2) is 0 Å². The zero-order chi connectivity index (χ0) is 14.7. The lowest BCUT2D eigenvalue weighted by Gasteiger charge is -2.06. The van der Waals surface area contributed by atoms with Crippen molar-refractivity contribution < 1.29 is 9.84 Å². The van der Waals surface area contributed by atoms with Gasteiger partial charge in [-0.3, -0.25) is 0 Å². The molecule has 0 saturated carbocycles. The first-order valence-corrected chi connectivity index (χ1v) is 6.64. The number of hydrogen-bond donors (Lipinski definition) is 1. The summed E-state index contributed by atoms with van der Waals surface area (Å²) in [6, 6.07) is 9.72. The summed E-state index contributed by atoms with van der Waals surface area (Å²) in [4.78, 5) is 0. The fourth-order valence-corrected chi connectivity index (χ4v) is 2.17. The SMILES string of the molecule is COc1ccc(/C=C\c2cc(C)c(C)c(C)c2)cc1O. The van der Waals surface area contributed by atoms with Crippen molar-refractivity contribution >= 4 is 12.2 Å². The van der Waals surface area contributed by atoms with Crippen molar-refractivity contribution in [2.24, 2.45) is 0 Å². The fourth-order valence-electron chi connectivity index (χ4n) is 2.17. The Labute approximate surface area is 120 Å². The summed E-state index contributed by atoms with van der Waals surface area (Å²) in [6.45, 7) is 6.39. The van der Waals surface area contributed by atoms with E-state index in [1.54, 1.807) is 19.2 Å². The molecule has 104 valence electrons. The summed E-state index contributed by atoms with van der Waals surface area (Å²) in [5, 5.41) is 9.75. The van der Waals surface area contributed by atoms with Gasteiger partial charge in [-0.1, -0.05) is 30.4 Å². The number of rotatable bonds is 3. The summed E-state index contributed by atoms with van der Waals surface area (Å²) < 4.78 is 5.03. The Balaban J connectivity index is 2.27. The van der Waals surface area contributed by atoms with E-state index in [0.717, 1.165) is 5.56 Å². The fraction of sp³-hybridized carbons (Fsp3) is 0.222. The lowest BCUT2D eigenvalue weighted by Crippen LogP contribution is -1.87. The van der Waals surface area contributed by atoms with Crippen LogP contribution in [-0.2, 0) is 0 Å². The Bertz CT molecular complexity index is 631. The van der Waals surface area contributed by atoms with E-state index in [-0.39, 0.29) is 5.75 Å². The molecule has 0 aliphatic heterocycles. The lowest BCUT2D eigenvalue weighted by atomic mass is 10.00. The molecule has 0 bridgehead atoms. The van der Waals surface area contributed by atoms with Crippen LogP contribution in [0.2, 0.25) is 0 Å². The van der Waals surface area contributed by atoms with Crippen molar-refractivity contribution in [3.63, 3.8) is 0 Å². The van der Waals surface area contributed by atoms with Crippen molar-refractivity contribution in [3.8, 4) is 11.5 Å². The van der Waals surface area contributed by atoms with Gasteiger partial charge >= 0.3 is 0 Å². The number of aromatic hydroxyl groups is 1. The number of methoxy groups -OCH3 is 1. The zero-order valence-corrected chi connectivity index (χ0v) is 12.4. The standard InChI is InChI=1S/C18H20O2/c1-12-9-16(10-13(2)14(12)3)6-5-15-7-8-18(20-4)17(19)11-15/h5-11,19H,1-4H3/b6-5-. The van der Waals surface area contributed by atoms with Crippen LogP contribution < -0.4 is 4.74 Å². The highest BCUT2D eigenvalue weighted by molar-refractivity contribution is 5.71.